The van der Waals surface area contributed by atoms with Gasteiger partial charge >= 0.3 is 5.69 Å². The van der Waals surface area contributed by atoms with Gasteiger partial charge in [-0.3, -0.25) is 10.1 Å². The molecule has 21 heavy (non-hydrogen) atoms. The summed E-state index contributed by atoms with van der Waals surface area (Å²) in [5.41, 5.74) is 2.42. The van der Waals surface area contributed by atoms with Crippen molar-refractivity contribution in [3.8, 4) is 5.75 Å². The van der Waals surface area contributed by atoms with Gasteiger partial charge in [-0.1, -0.05) is 18.2 Å². The molecule has 2 rings (SSSR count). The van der Waals surface area contributed by atoms with Crippen LogP contribution in [0.2, 0.25) is 0 Å². The number of benzene rings is 2. The molecule has 0 aliphatic heterocycles. The second kappa shape index (κ2) is 6.13. The molecular formula is C15H17N3O3. The summed E-state index contributed by atoms with van der Waals surface area (Å²) in [6, 6.07) is 12.2. The standard InChI is InChI=1S/C15H17N3O3/c1-17(2)13-6-4-3-5-12(13)16-10-11-7-8-15(19)14(9-11)18(20)21/h3-9,16,19H,10H2,1-2H3. The van der Waals surface area contributed by atoms with Crippen molar-refractivity contribution < 1.29 is 10.0 Å². The zero-order chi connectivity index (χ0) is 15.4. The van der Waals surface area contributed by atoms with Gasteiger partial charge in [-0.15, -0.1) is 0 Å². The van der Waals surface area contributed by atoms with Gasteiger partial charge in [-0.2, -0.15) is 0 Å². The van der Waals surface area contributed by atoms with E-state index in [4.69, 9.17) is 0 Å². The second-order valence-electron chi connectivity index (χ2n) is 4.85. The molecule has 0 spiro atoms. The topological polar surface area (TPSA) is 78.6 Å². The van der Waals surface area contributed by atoms with Crippen molar-refractivity contribution in [1.82, 2.24) is 0 Å². The number of rotatable bonds is 5. The number of nitro groups is 1. The van der Waals surface area contributed by atoms with Gasteiger partial charge < -0.3 is 15.3 Å². The van der Waals surface area contributed by atoms with Gasteiger partial charge in [0.25, 0.3) is 0 Å². The molecule has 0 amide bonds. The predicted octanol–water partition coefficient (Wildman–Crippen LogP) is 2.98. The first kappa shape index (κ1) is 14.6. The number of phenolic OH excluding ortho intramolecular Hbond substituents is 1. The molecule has 0 atom stereocenters. The van der Waals surface area contributed by atoms with Gasteiger partial charge in [0.05, 0.1) is 16.3 Å². The molecule has 0 aromatic heterocycles. The Hall–Kier alpha value is -2.76. The molecular weight excluding hydrogens is 270 g/mol. The Morgan fingerprint density at radius 2 is 1.95 bits per heavy atom. The molecule has 0 heterocycles. The number of hydrogen-bond donors (Lipinski definition) is 2. The molecule has 0 bridgehead atoms. The van der Waals surface area contributed by atoms with Crippen molar-refractivity contribution in [1.29, 1.82) is 0 Å². The van der Waals surface area contributed by atoms with Crippen LogP contribution in [0.15, 0.2) is 42.5 Å². The molecule has 0 saturated carbocycles. The fraction of sp³-hybridized carbons (Fsp3) is 0.200. The molecule has 110 valence electrons. The van der Waals surface area contributed by atoms with Crippen molar-refractivity contribution in [2.24, 2.45) is 0 Å². The lowest BCUT2D eigenvalue weighted by Gasteiger charge is -2.18. The van der Waals surface area contributed by atoms with E-state index in [1.165, 1.54) is 12.1 Å². The SMILES string of the molecule is CN(C)c1ccccc1NCc1ccc(O)c([N+](=O)[O-])c1. The van der Waals surface area contributed by atoms with Crippen LogP contribution in [-0.4, -0.2) is 24.1 Å². The Morgan fingerprint density at radius 3 is 2.62 bits per heavy atom. The number of nitrogens with zero attached hydrogens (tertiary/aromatic N) is 2. The summed E-state index contributed by atoms with van der Waals surface area (Å²) in [4.78, 5) is 12.2. The van der Waals surface area contributed by atoms with Crippen LogP contribution in [0.1, 0.15) is 5.56 Å². The highest BCUT2D eigenvalue weighted by molar-refractivity contribution is 5.69. The van der Waals surface area contributed by atoms with Gasteiger partial charge in [0.2, 0.25) is 0 Å². The van der Waals surface area contributed by atoms with E-state index in [-0.39, 0.29) is 11.4 Å². The molecule has 2 aromatic rings. The van der Waals surface area contributed by atoms with Crippen LogP contribution in [0.5, 0.6) is 5.75 Å². The van der Waals surface area contributed by atoms with Crippen LogP contribution in [0, 0.1) is 10.1 Å². The van der Waals surface area contributed by atoms with Crippen molar-refractivity contribution in [2.75, 3.05) is 24.3 Å². The summed E-state index contributed by atoms with van der Waals surface area (Å²) in [6.45, 7) is 0.436. The summed E-state index contributed by atoms with van der Waals surface area (Å²) >= 11 is 0. The third-order valence-electron chi connectivity index (χ3n) is 3.11. The van der Waals surface area contributed by atoms with E-state index < -0.39 is 4.92 Å². The van der Waals surface area contributed by atoms with Crippen LogP contribution >= 0.6 is 0 Å². The van der Waals surface area contributed by atoms with E-state index in [0.29, 0.717) is 6.54 Å². The number of anilines is 2. The van der Waals surface area contributed by atoms with Crippen LogP contribution in [0.3, 0.4) is 0 Å². The van der Waals surface area contributed by atoms with Gasteiger partial charge in [-0.25, -0.2) is 0 Å². The lowest BCUT2D eigenvalue weighted by Crippen LogP contribution is -2.12. The fourth-order valence-electron chi connectivity index (χ4n) is 2.04. The summed E-state index contributed by atoms with van der Waals surface area (Å²) < 4.78 is 0. The van der Waals surface area contributed by atoms with Crippen molar-refractivity contribution >= 4 is 17.1 Å². The highest BCUT2D eigenvalue weighted by Crippen LogP contribution is 2.28. The number of nitro benzene ring substituents is 1. The van der Waals surface area contributed by atoms with E-state index in [1.54, 1.807) is 6.07 Å². The Bertz CT molecular complexity index is 656. The smallest absolute Gasteiger partial charge is 0.311 e. The maximum Gasteiger partial charge on any atom is 0.311 e. The zero-order valence-electron chi connectivity index (χ0n) is 11.9. The van der Waals surface area contributed by atoms with Gasteiger partial charge in [0, 0.05) is 26.7 Å². The third kappa shape index (κ3) is 3.42. The molecule has 0 aliphatic carbocycles. The van der Waals surface area contributed by atoms with Crippen LogP contribution < -0.4 is 10.2 Å². The fourth-order valence-corrected chi connectivity index (χ4v) is 2.04. The van der Waals surface area contributed by atoms with Crippen molar-refractivity contribution in [3.63, 3.8) is 0 Å². The summed E-state index contributed by atoms with van der Waals surface area (Å²) in [6.07, 6.45) is 0. The molecule has 0 unspecified atom stereocenters. The summed E-state index contributed by atoms with van der Waals surface area (Å²) in [5.74, 6) is -0.322. The number of para-hydroxylation sites is 2. The summed E-state index contributed by atoms with van der Waals surface area (Å²) in [7, 11) is 3.90. The largest absolute Gasteiger partial charge is 0.502 e. The molecule has 0 radical (unpaired) electrons. The minimum atomic E-state index is -0.591. The Labute approximate surface area is 122 Å². The monoisotopic (exact) mass is 287 g/mol. The van der Waals surface area contributed by atoms with Crippen LogP contribution in [0.25, 0.3) is 0 Å². The number of hydrogen-bond acceptors (Lipinski definition) is 5. The van der Waals surface area contributed by atoms with Gasteiger partial charge in [0.15, 0.2) is 5.75 Å². The highest BCUT2D eigenvalue weighted by Gasteiger charge is 2.13. The second-order valence-corrected chi connectivity index (χ2v) is 4.85. The van der Waals surface area contributed by atoms with E-state index in [0.717, 1.165) is 16.9 Å². The molecule has 0 fully saturated rings. The van der Waals surface area contributed by atoms with Crippen LogP contribution in [-0.2, 0) is 6.54 Å². The maximum atomic E-state index is 10.8. The normalized spacial score (nSPS) is 10.2. The molecule has 6 heteroatoms. The Morgan fingerprint density at radius 1 is 1.24 bits per heavy atom. The quantitative estimate of drug-likeness (QED) is 0.653. The molecule has 2 aromatic carbocycles. The average Bonchev–Trinajstić information content (AvgIpc) is 2.46. The van der Waals surface area contributed by atoms with Crippen LogP contribution in [0.4, 0.5) is 17.1 Å². The lowest BCUT2D eigenvalue weighted by molar-refractivity contribution is -0.385. The first-order valence-electron chi connectivity index (χ1n) is 6.45. The zero-order valence-corrected chi connectivity index (χ0v) is 11.9. The van der Waals surface area contributed by atoms with E-state index in [2.05, 4.69) is 5.32 Å². The van der Waals surface area contributed by atoms with E-state index in [1.807, 2.05) is 43.3 Å². The van der Waals surface area contributed by atoms with E-state index in [9.17, 15) is 15.2 Å². The number of phenols is 1. The van der Waals surface area contributed by atoms with Crippen molar-refractivity contribution in [2.45, 2.75) is 6.54 Å². The van der Waals surface area contributed by atoms with Gasteiger partial charge in [0.1, 0.15) is 0 Å². The molecule has 0 aliphatic rings. The lowest BCUT2D eigenvalue weighted by atomic mass is 10.1. The minimum Gasteiger partial charge on any atom is -0.502 e. The number of nitrogens with one attached hydrogen (secondary N) is 1. The molecule has 6 nitrogen and oxygen atoms in total. The molecule has 2 N–H and O–H groups in total. The first-order valence-corrected chi connectivity index (χ1v) is 6.45. The average molecular weight is 287 g/mol. The van der Waals surface area contributed by atoms with Gasteiger partial charge in [-0.05, 0) is 23.8 Å². The highest BCUT2D eigenvalue weighted by atomic mass is 16.6. The summed E-state index contributed by atoms with van der Waals surface area (Å²) in [5, 5.41) is 23.5. The van der Waals surface area contributed by atoms with Crippen molar-refractivity contribution in [3.05, 3.63) is 58.1 Å². The number of aromatic hydroxyl groups is 1. The first-order chi connectivity index (χ1) is 9.99. The predicted molar refractivity (Wildman–Crippen MR) is 82.9 cm³/mol. The third-order valence-corrected chi connectivity index (χ3v) is 3.11. The Kier molecular flexibility index (Phi) is 4.27. The minimum absolute atomic E-state index is 0.282. The Balaban J connectivity index is 2.17. The van der Waals surface area contributed by atoms with E-state index >= 15 is 0 Å². The maximum absolute atomic E-state index is 10.8. The molecule has 0 saturated heterocycles.